The summed E-state index contributed by atoms with van der Waals surface area (Å²) in [5.74, 6) is 0.0871. The van der Waals surface area contributed by atoms with Gasteiger partial charge < -0.3 is 9.47 Å². The Morgan fingerprint density at radius 3 is 2.32 bits per heavy atom. The van der Waals surface area contributed by atoms with E-state index in [1.54, 1.807) is 43.3 Å². The van der Waals surface area contributed by atoms with Gasteiger partial charge in [0.2, 0.25) is 0 Å². The minimum Gasteiger partial charge on any atom is -0.454 e. The fourth-order valence-electron chi connectivity index (χ4n) is 2.85. The predicted octanol–water partition coefficient (Wildman–Crippen LogP) is 6.56. The molecule has 3 aromatic rings. The Hall–Kier alpha value is -2.72. The van der Waals surface area contributed by atoms with Crippen LogP contribution in [0.15, 0.2) is 66.7 Å². The van der Waals surface area contributed by atoms with E-state index >= 15 is 0 Å². The number of halogens is 2. The molecule has 0 aromatic heterocycles. The second kappa shape index (κ2) is 8.53. The van der Waals surface area contributed by atoms with Crippen molar-refractivity contribution >= 4 is 0 Å². The van der Waals surface area contributed by atoms with Gasteiger partial charge in [0.15, 0.2) is 11.6 Å². The highest BCUT2D eigenvalue weighted by atomic mass is 19.1. The third kappa shape index (κ3) is 4.96. The van der Waals surface area contributed by atoms with Crippen molar-refractivity contribution in [1.82, 2.24) is 0 Å². The molecular weight excluding hydrogens is 358 g/mol. The maximum Gasteiger partial charge on any atom is 0.165 e. The van der Waals surface area contributed by atoms with Crippen LogP contribution in [-0.4, -0.2) is 6.61 Å². The maximum atomic E-state index is 14.1. The predicted molar refractivity (Wildman–Crippen MR) is 107 cm³/mol. The van der Waals surface area contributed by atoms with Crippen molar-refractivity contribution in [2.45, 2.75) is 32.8 Å². The average Bonchev–Trinajstić information content (AvgIpc) is 2.67. The standard InChI is InChI=1S/C24H24F2O2/c1-17-9-11-19(14-22(17)26)24(2,3)16-27-15-18-10-12-21(25)23(13-18)28-20-7-5-4-6-8-20/h4-14H,15-16H2,1-3H3. The molecule has 4 heteroatoms. The number of aryl methyl sites for hydroxylation is 1. The first kappa shape index (κ1) is 20.0. The van der Waals surface area contributed by atoms with Gasteiger partial charge in [-0.05, 0) is 53.9 Å². The van der Waals surface area contributed by atoms with E-state index in [2.05, 4.69) is 0 Å². The van der Waals surface area contributed by atoms with E-state index in [0.717, 1.165) is 11.1 Å². The van der Waals surface area contributed by atoms with Gasteiger partial charge in [0.25, 0.3) is 0 Å². The summed E-state index contributed by atoms with van der Waals surface area (Å²) in [6.45, 7) is 6.47. The maximum absolute atomic E-state index is 14.1. The van der Waals surface area contributed by atoms with Crippen molar-refractivity contribution in [3.63, 3.8) is 0 Å². The Morgan fingerprint density at radius 1 is 0.857 bits per heavy atom. The van der Waals surface area contributed by atoms with Gasteiger partial charge >= 0.3 is 0 Å². The van der Waals surface area contributed by atoms with Crippen molar-refractivity contribution in [2.75, 3.05) is 6.61 Å². The number of para-hydroxylation sites is 1. The van der Waals surface area contributed by atoms with Gasteiger partial charge in [0.05, 0.1) is 13.2 Å². The molecule has 3 rings (SSSR count). The van der Waals surface area contributed by atoms with Crippen LogP contribution in [0, 0.1) is 18.6 Å². The molecule has 2 nitrogen and oxygen atoms in total. The van der Waals surface area contributed by atoms with E-state index in [1.165, 1.54) is 6.07 Å². The van der Waals surface area contributed by atoms with Crippen LogP contribution in [0.5, 0.6) is 11.5 Å². The van der Waals surface area contributed by atoms with E-state index in [1.807, 2.05) is 38.1 Å². The SMILES string of the molecule is Cc1ccc(C(C)(C)COCc2ccc(F)c(Oc3ccccc3)c2)cc1F. The molecule has 0 amide bonds. The summed E-state index contributed by atoms with van der Waals surface area (Å²) < 4.78 is 39.4. The minimum atomic E-state index is -0.428. The fraction of sp³-hybridized carbons (Fsp3) is 0.250. The highest BCUT2D eigenvalue weighted by Gasteiger charge is 2.22. The van der Waals surface area contributed by atoms with Crippen molar-refractivity contribution in [3.05, 3.63) is 95.1 Å². The molecular formula is C24H24F2O2. The van der Waals surface area contributed by atoms with E-state index in [4.69, 9.17) is 9.47 Å². The molecule has 0 radical (unpaired) electrons. The average molecular weight is 382 g/mol. The summed E-state index contributed by atoms with van der Waals surface area (Å²) in [5, 5.41) is 0. The molecule has 0 aliphatic heterocycles. The smallest absolute Gasteiger partial charge is 0.165 e. The topological polar surface area (TPSA) is 18.5 Å². The van der Waals surface area contributed by atoms with E-state index in [-0.39, 0.29) is 17.0 Å². The third-order valence-corrected chi connectivity index (χ3v) is 4.65. The minimum absolute atomic E-state index is 0.159. The largest absolute Gasteiger partial charge is 0.454 e. The summed E-state index contributed by atoms with van der Waals surface area (Å²) in [4.78, 5) is 0. The monoisotopic (exact) mass is 382 g/mol. The fourth-order valence-corrected chi connectivity index (χ4v) is 2.85. The lowest BCUT2D eigenvalue weighted by molar-refractivity contribution is 0.0822. The second-order valence-electron chi connectivity index (χ2n) is 7.52. The Morgan fingerprint density at radius 2 is 1.61 bits per heavy atom. The molecule has 0 bridgehead atoms. The zero-order chi connectivity index (χ0) is 20.1. The summed E-state index contributed by atoms with van der Waals surface area (Å²) >= 11 is 0. The highest BCUT2D eigenvalue weighted by molar-refractivity contribution is 5.35. The molecule has 0 saturated carbocycles. The molecule has 28 heavy (non-hydrogen) atoms. The number of ether oxygens (including phenoxy) is 2. The van der Waals surface area contributed by atoms with Crippen LogP contribution >= 0.6 is 0 Å². The Bertz CT molecular complexity index is 937. The van der Waals surface area contributed by atoms with Crippen LogP contribution in [0.4, 0.5) is 8.78 Å². The molecule has 0 spiro atoms. The molecule has 0 atom stereocenters. The molecule has 146 valence electrons. The lowest BCUT2D eigenvalue weighted by atomic mass is 9.85. The molecule has 0 heterocycles. The zero-order valence-electron chi connectivity index (χ0n) is 16.3. The first-order chi connectivity index (χ1) is 13.3. The summed E-state index contributed by atoms with van der Waals surface area (Å²) in [6, 6.07) is 19.0. The number of hydrogen-bond acceptors (Lipinski definition) is 2. The molecule has 0 unspecified atom stereocenters. The van der Waals surface area contributed by atoms with Crippen molar-refractivity contribution in [3.8, 4) is 11.5 Å². The van der Waals surface area contributed by atoms with Crippen LogP contribution in [0.2, 0.25) is 0 Å². The van der Waals surface area contributed by atoms with E-state index in [9.17, 15) is 8.78 Å². The lowest BCUT2D eigenvalue weighted by Gasteiger charge is -2.25. The summed E-state index contributed by atoms with van der Waals surface area (Å²) in [7, 11) is 0. The molecule has 3 aromatic carbocycles. The first-order valence-corrected chi connectivity index (χ1v) is 9.21. The van der Waals surface area contributed by atoms with Crippen LogP contribution in [-0.2, 0) is 16.8 Å². The van der Waals surface area contributed by atoms with Crippen molar-refractivity contribution in [2.24, 2.45) is 0 Å². The van der Waals surface area contributed by atoms with E-state index < -0.39 is 5.82 Å². The van der Waals surface area contributed by atoms with Crippen LogP contribution in [0.25, 0.3) is 0 Å². The molecule has 0 fully saturated rings. The Kier molecular flexibility index (Phi) is 6.10. The van der Waals surface area contributed by atoms with Gasteiger partial charge in [-0.25, -0.2) is 8.78 Å². The highest BCUT2D eigenvalue weighted by Crippen LogP contribution is 2.28. The number of hydrogen-bond donors (Lipinski definition) is 0. The van der Waals surface area contributed by atoms with Crippen molar-refractivity contribution < 1.29 is 18.3 Å². The molecule has 0 N–H and O–H groups in total. The number of benzene rings is 3. The van der Waals surface area contributed by atoms with Gasteiger partial charge in [0.1, 0.15) is 11.6 Å². The lowest BCUT2D eigenvalue weighted by Crippen LogP contribution is -2.24. The second-order valence-corrected chi connectivity index (χ2v) is 7.52. The first-order valence-electron chi connectivity index (χ1n) is 9.21. The summed E-state index contributed by atoms with van der Waals surface area (Å²) in [5.41, 5.74) is 1.96. The number of rotatable bonds is 7. The van der Waals surface area contributed by atoms with Crippen LogP contribution < -0.4 is 4.74 Å². The van der Waals surface area contributed by atoms with Crippen LogP contribution in [0.3, 0.4) is 0 Å². The Balaban J connectivity index is 1.64. The Labute approximate surface area is 164 Å². The van der Waals surface area contributed by atoms with Gasteiger partial charge in [-0.3, -0.25) is 0 Å². The zero-order valence-corrected chi connectivity index (χ0v) is 16.3. The van der Waals surface area contributed by atoms with Gasteiger partial charge in [0, 0.05) is 5.41 Å². The third-order valence-electron chi connectivity index (χ3n) is 4.65. The molecule has 0 saturated heterocycles. The van der Waals surface area contributed by atoms with Gasteiger partial charge in [-0.1, -0.05) is 50.2 Å². The molecule has 0 aliphatic carbocycles. The summed E-state index contributed by atoms with van der Waals surface area (Å²) in [6.07, 6.45) is 0. The van der Waals surface area contributed by atoms with Gasteiger partial charge in [-0.2, -0.15) is 0 Å². The molecule has 0 aliphatic rings. The van der Waals surface area contributed by atoms with E-state index in [0.29, 0.717) is 24.5 Å². The van der Waals surface area contributed by atoms with Crippen LogP contribution in [0.1, 0.15) is 30.5 Å². The van der Waals surface area contributed by atoms with Gasteiger partial charge in [-0.15, -0.1) is 0 Å². The van der Waals surface area contributed by atoms with Crippen molar-refractivity contribution in [1.29, 1.82) is 0 Å². The quantitative estimate of drug-likeness (QED) is 0.461. The normalized spacial score (nSPS) is 11.5.